The van der Waals surface area contributed by atoms with Gasteiger partial charge in [-0.15, -0.1) is 0 Å². The van der Waals surface area contributed by atoms with E-state index in [4.69, 9.17) is 5.73 Å². The number of hydrogen-bond donors (Lipinski definition) is 1. The van der Waals surface area contributed by atoms with Gasteiger partial charge in [-0.25, -0.2) is 9.37 Å². The van der Waals surface area contributed by atoms with Crippen molar-refractivity contribution < 1.29 is 4.39 Å². The SMILES string of the molecule is NCc1cc(F)cc(CN2CCn3ccnc3C2)c1. The Kier molecular flexibility index (Phi) is 3.31. The number of benzene rings is 1. The molecule has 3 rings (SSSR count). The standard InChI is InChI=1S/C14H17FN4/c15-13-6-11(8-16)5-12(7-13)9-18-3-4-19-2-1-17-14(19)10-18/h1-2,5-7H,3-4,8-10,16H2. The number of fused-ring (bicyclic) bond motifs is 1. The van der Waals surface area contributed by atoms with Crippen LogP contribution in [0.2, 0.25) is 0 Å². The van der Waals surface area contributed by atoms with Crippen molar-refractivity contribution in [2.24, 2.45) is 5.73 Å². The molecule has 0 aliphatic carbocycles. The highest BCUT2D eigenvalue weighted by Crippen LogP contribution is 2.16. The second kappa shape index (κ2) is 5.11. The van der Waals surface area contributed by atoms with Gasteiger partial charge < -0.3 is 10.3 Å². The Bertz CT molecular complexity index is 579. The van der Waals surface area contributed by atoms with Gasteiger partial charge in [-0.2, -0.15) is 0 Å². The predicted octanol–water partition coefficient (Wildman–Crippen LogP) is 1.50. The Morgan fingerprint density at radius 1 is 1.21 bits per heavy atom. The van der Waals surface area contributed by atoms with E-state index in [2.05, 4.69) is 14.5 Å². The Morgan fingerprint density at radius 3 is 2.89 bits per heavy atom. The van der Waals surface area contributed by atoms with Gasteiger partial charge in [0.15, 0.2) is 0 Å². The highest BCUT2D eigenvalue weighted by Gasteiger charge is 2.16. The van der Waals surface area contributed by atoms with E-state index < -0.39 is 0 Å². The smallest absolute Gasteiger partial charge is 0.123 e. The van der Waals surface area contributed by atoms with E-state index in [1.807, 2.05) is 18.5 Å². The van der Waals surface area contributed by atoms with Crippen molar-refractivity contribution in [1.82, 2.24) is 14.5 Å². The van der Waals surface area contributed by atoms with Crippen LogP contribution >= 0.6 is 0 Å². The molecule has 1 aliphatic rings. The summed E-state index contributed by atoms with van der Waals surface area (Å²) in [7, 11) is 0. The van der Waals surface area contributed by atoms with Crippen LogP contribution in [0, 0.1) is 5.82 Å². The van der Waals surface area contributed by atoms with Crippen LogP contribution in [0.15, 0.2) is 30.6 Å². The average molecular weight is 260 g/mol. The zero-order valence-electron chi connectivity index (χ0n) is 10.7. The molecule has 0 unspecified atom stereocenters. The van der Waals surface area contributed by atoms with Gasteiger partial charge in [-0.05, 0) is 23.3 Å². The molecule has 5 heteroatoms. The third kappa shape index (κ3) is 2.67. The van der Waals surface area contributed by atoms with Crippen LogP contribution in [0.3, 0.4) is 0 Å². The minimum Gasteiger partial charge on any atom is -0.333 e. The molecule has 0 atom stereocenters. The number of hydrogen-bond acceptors (Lipinski definition) is 3. The Morgan fingerprint density at radius 2 is 2.05 bits per heavy atom. The molecule has 4 nitrogen and oxygen atoms in total. The highest BCUT2D eigenvalue weighted by molar-refractivity contribution is 5.24. The van der Waals surface area contributed by atoms with Gasteiger partial charge in [-0.3, -0.25) is 4.90 Å². The summed E-state index contributed by atoms with van der Waals surface area (Å²) >= 11 is 0. The zero-order valence-corrected chi connectivity index (χ0v) is 10.7. The van der Waals surface area contributed by atoms with E-state index in [1.165, 1.54) is 6.07 Å². The van der Waals surface area contributed by atoms with Crippen molar-refractivity contribution in [3.63, 3.8) is 0 Å². The second-order valence-electron chi connectivity index (χ2n) is 4.92. The average Bonchev–Trinajstić information content (AvgIpc) is 2.85. The lowest BCUT2D eigenvalue weighted by molar-refractivity contribution is 0.208. The van der Waals surface area contributed by atoms with Crippen LogP contribution in [0.4, 0.5) is 4.39 Å². The molecule has 0 saturated heterocycles. The number of halogens is 1. The van der Waals surface area contributed by atoms with Gasteiger partial charge in [0, 0.05) is 38.6 Å². The molecule has 0 radical (unpaired) electrons. The molecule has 1 aromatic carbocycles. The summed E-state index contributed by atoms with van der Waals surface area (Å²) in [5, 5.41) is 0. The first-order valence-corrected chi connectivity index (χ1v) is 6.45. The van der Waals surface area contributed by atoms with Gasteiger partial charge in [0.2, 0.25) is 0 Å². The summed E-state index contributed by atoms with van der Waals surface area (Å²) in [6, 6.07) is 5.05. The van der Waals surface area contributed by atoms with E-state index in [9.17, 15) is 4.39 Å². The lowest BCUT2D eigenvalue weighted by Crippen LogP contribution is -2.33. The molecule has 2 heterocycles. The first-order chi connectivity index (χ1) is 9.24. The van der Waals surface area contributed by atoms with Gasteiger partial charge in [0.25, 0.3) is 0 Å². The minimum absolute atomic E-state index is 0.212. The number of aromatic nitrogens is 2. The van der Waals surface area contributed by atoms with E-state index >= 15 is 0 Å². The normalized spacial score (nSPS) is 15.5. The lowest BCUT2D eigenvalue weighted by atomic mass is 10.1. The van der Waals surface area contributed by atoms with E-state index in [1.54, 1.807) is 6.07 Å². The fourth-order valence-corrected chi connectivity index (χ4v) is 2.54. The van der Waals surface area contributed by atoms with Crippen LogP contribution in [0.1, 0.15) is 17.0 Å². The highest BCUT2D eigenvalue weighted by atomic mass is 19.1. The number of nitrogens with two attached hydrogens (primary N) is 1. The molecular weight excluding hydrogens is 243 g/mol. The monoisotopic (exact) mass is 260 g/mol. The molecular formula is C14H17FN4. The van der Waals surface area contributed by atoms with Gasteiger partial charge in [0.1, 0.15) is 11.6 Å². The van der Waals surface area contributed by atoms with Crippen molar-refractivity contribution in [3.8, 4) is 0 Å². The van der Waals surface area contributed by atoms with Crippen LogP contribution in [0.5, 0.6) is 0 Å². The third-order valence-corrected chi connectivity index (χ3v) is 3.48. The number of imidazole rings is 1. The van der Waals surface area contributed by atoms with Crippen molar-refractivity contribution >= 4 is 0 Å². The van der Waals surface area contributed by atoms with Crippen molar-refractivity contribution in [2.45, 2.75) is 26.2 Å². The van der Waals surface area contributed by atoms with Crippen LogP contribution in [0.25, 0.3) is 0 Å². The molecule has 1 aliphatic heterocycles. The van der Waals surface area contributed by atoms with E-state index in [-0.39, 0.29) is 5.82 Å². The second-order valence-corrected chi connectivity index (χ2v) is 4.92. The molecule has 2 N–H and O–H groups in total. The zero-order chi connectivity index (χ0) is 13.2. The summed E-state index contributed by atoms with van der Waals surface area (Å²) in [5.74, 6) is 0.859. The minimum atomic E-state index is -0.212. The lowest BCUT2D eigenvalue weighted by Gasteiger charge is -2.27. The molecule has 1 aromatic heterocycles. The summed E-state index contributed by atoms with van der Waals surface area (Å²) in [4.78, 5) is 6.60. The summed E-state index contributed by atoms with van der Waals surface area (Å²) < 4.78 is 15.6. The maximum absolute atomic E-state index is 13.5. The Hall–Kier alpha value is -1.72. The molecule has 0 fully saturated rings. The van der Waals surface area contributed by atoms with E-state index in [0.717, 1.165) is 43.1 Å². The van der Waals surface area contributed by atoms with Crippen LogP contribution in [-0.4, -0.2) is 21.0 Å². The number of nitrogens with zero attached hydrogens (tertiary/aromatic N) is 3. The van der Waals surface area contributed by atoms with Crippen molar-refractivity contribution in [2.75, 3.05) is 6.54 Å². The number of rotatable bonds is 3. The first kappa shape index (κ1) is 12.3. The third-order valence-electron chi connectivity index (χ3n) is 3.48. The predicted molar refractivity (Wildman–Crippen MR) is 70.6 cm³/mol. The largest absolute Gasteiger partial charge is 0.333 e. The molecule has 2 aromatic rings. The van der Waals surface area contributed by atoms with Gasteiger partial charge >= 0.3 is 0 Å². The van der Waals surface area contributed by atoms with Crippen molar-refractivity contribution in [3.05, 3.63) is 53.4 Å². The Labute approximate surface area is 111 Å². The maximum Gasteiger partial charge on any atom is 0.123 e. The maximum atomic E-state index is 13.5. The summed E-state index contributed by atoms with van der Waals surface area (Å²) in [6.45, 7) is 3.81. The molecule has 0 saturated carbocycles. The van der Waals surface area contributed by atoms with E-state index in [0.29, 0.717) is 6.54 Å². The van der Waals surface area contributed by atoms with Gasteiger partial charge in [-0.1, -0.05) is 6.07 Å². The molecule has 0 amide bonds. The molecule has 100 valence electrons. The summed E-state index contributed by atoms with van der Waals surface area (Å²) in [5.41, 5.74) is 7.39. The van der Waals surface area contributed by atoms with Crippen LogP contribution < -0.4 is 5.73 Å². The fraction of sp³-hybridized carbons (Fsp3) is 0.357. The quantitative estimate of drug-likeness (QED) is 0.909. The van der Waals surface area contributed by atoms with Crippen molar-refractivity contribution in [1.29, 1.82) is 0 Å². The summed E-state index contributed by atoms with van der Waals surface area (Å²) in [6.07, 6.45) is 3.83. The molecule has 19 heavy (non-hydrogen) atoms. The molecule has 0 spiro atoms. The Balaban J connectivity index is 1.74. The van der Waals surface area contributed by atoms with Crippen LogP contribution in [-0.2, 0) is 26.2 Å². The first-order valence-electron chi connectivity index (χ1n) is 6.45. The fourth-order valence-electron chi connectivity index (χ4n) is 2.54. The van der Waals surface area contributed by atoms with Gasteiger partial charge in [0.05, 0.1) is 6.54 Å². The topological polar surface area (TPSA) is 47.1 Å². The molecule has 0 bridgehead atoms.